The number of hydrogen-bond donors (Lipinski definition) is 7. The number of amides is 8. The highest BCUT2D eigenvalue weighted by atomic mass is 16.5. The summed E-state index contributed by atoms with van der Waals surface area (Å²) in [5.41, 5.74) is 5.71. The molecule has 18 heteroatoms. The van der Waals surface area contributed by atoms with E-state index in [0.717, 1.165) is 24.8 Å². The van der Waals surface area contributed by atoms with Crippen LogP contribution in [0.15, 0.2) is 30.3 Å². The molecule has 2 saturated heterocycles. The first-order valence-electron chi connectivity index (χ1n) is 24.3. The second kappa shape index (κ2) is 27.3. The van der Waals surface area contributed by atoms with Gasteiger partial charge >= 0.3 is 6.03 Å². The zero-order chi connectivity index (χ0) is 50.0. The van der Waals surface area contributed by atoms with Crippen molar-refractivity contribution in [1.29, 1.82) is 0 Å². The number of rotatable bonds is 28. The Morgan fingerprint density at radius 2 is 1.60 bits per heavy atom. The first-order chi connectivity index (χ1) is 31.6. The zero-order valence-electron chi connectivity index (χ0n) is 42.1. The second-order valence-corrected chi connectivity index (χ2v) is 19.5. The minimum absolute atomic E-state index is 0.0369. The van der Waals surface area contributed by atoms with Crippen molar-refractivity contribution in [3.8, 4) is 0 Å². The maximum atomic E-state index is 14.3. The molecule has 378 valence electrons. The lowest BCUT2D eigenvalue weighted by Crippen LogP contribution is -2.60. The van der Waals surface area contributed by atoms with Gasteiger partial charge in [-0.25, -0.2) is 4.79 Å². The van der Waals surface area contributed by atoms with Crippen LogP contribution in [0.25, 0.3) is 0 Å². The Morgan fingerprint density at radius 1 is 0.925 bits per heavy atom. The lowest BCUT2D eigenvalue weighted by molar-refractivity contribution is -0.148. The van der Waals surface area contributed by atoms with Gasteiger partial charge in [-0.05, 0) is 63.9 Å². The number of unbranched alkanes of at least 4 members (excludes halogenated alkanes) is 2. The first kappa shape index (κ1) is 56.5. The molecule has 0 spiro atoms. The number of hydrogen-bond acceptors (Lipinski definition) is 10. The fraction of sp³-hybridized carbons (Fsp3) is 0.735. The van der Waals surface area contributed by atoms with Gasteiger partial charge in [0.2, 0.25) is 35.4 Å². The van der Waals surface area contributed by atoms with E-state index in [0.29, 0.717) is 38.6 Å². The molecule has 0 radical (unpaired) electrons. The van der Waals surface area contributed by atoms with Crippen LogP contribution in [0.1, 0.15) is 119 Å². The van der Waals surface area contributed by atoms with E-state index >= 15 is 0 Å². The first-order valence-corrected chi connectivity index (χ1v) is 24.3. The highest BCUT2D eigenvalue weighted by molar-refractivity contribution is 5.92. The van der Waals surface area contributed by atoms with Crippen molar-refractivity contribution in [3.05, 3.63) is 35.9 Å². The van der Waals surface area contributed by atoms with Crippen molar-refractivity contribution >= 4 is 41.5 Å². The summed E-state index contributed by atoms with van der Waals surface area (Å²) in [7, 11) is 4.72. The van der Waals surface area contributed by atoms with Crippen molar-refractivity contribution in [1.82, 2.24) is 41.7 Å². The molecule has 67 heavy (non-hydrogen) atoms. The van der Waals surface area contributed by atoms with Crippen molar-refractivity contribution in [2.45, 2.75) is 174 Å². The molecule has 2 heterocycles. The van der Waals surface area contributed by atoms with Crippen LogP contribution in [0.2, 0.25) is 0 Å². The molecule has 18 nitrogen and oxygen atoms in total. The van der Waals surface area contributed by atoms with Crippen LogP contribution in [0, 0.1) is 17.8 Å². The molecule has 3 rings (SSSR count). The van der Waals surface area contributed by atoms with E-state index in [-0.39, 0.29) is 73.6 Å². The van der Waals surface area contributed by atoms with Gasteiger partial charge in [0.1, 0.15) is 12.1 Å². The average Bonchev–Trinajstić information content (AvgIpc) is 3.90. The Labute approximate surface area is 399 Å². The summed E-state index contributed by atoms with van der Waals surface area (Å²) < 4.78 is 12.0. The number of likely N-dealkylation sites (N-methyl/N-ethyl adjacent to an activating group) is 1. The van der Waals surface area contributed by atoms with Gasteiger partial charge in [-0.15, -0.1) is 0 Å². The maximum absolute atomic E-state index is 14.3. The SMILES string of the molecule is CC[C@H](C)[C@@H]([C@@H](CC(=O)N1CCC[C@H]1[C@H](OC)[C@@H](C)C(=O)N[C@@H](Cc1ccccc1)C(=O)NCCNC(=O)CCCCC[C@@H]1NC(=O)N[C@@H]1C)OC)N(C)C(=O)[C@@H](NC(=O)C(C)(C)N)C(C)C. The summed E-state index contributed by atoms with van der Waals surface area (Å²) in [6.07, 6.45) is 4.43. The molecule has 0 saturated carbocycles. The lowest BCUT2D eigenvalue weighted by Gasteiger charge is -2.41. The Kier molecular flexibility index (Phi) is 23.0. The molecular formula is C49H83N9O9. The summed E-state index contributed by atoms with van der Waals surface area (Å²) in [6, 6.07) is 6.66. The molecule has 0 unspecified atom stereocenters. The highest BCUT2D eigenvalue weighted by Crippen LogP contribution is 2.30. The quantitative estimate of drug-likeness (QED) is 0.0607. The van der Waals surface area contributed by atoms with Crippen LogP contribution in [-0.4, -0.2) is 146 Å². The molecule has 1 aromatic carbocycles. The number of benzene rings is 1. The molecule has 10 atom stereocenters. The highest BCUT2D eigenvalue weighted by Gasteiger charge is 2.43. The number of nitrogens with one attached hydrogen (secondary N) is 6. The predicted octanol–water partition coefficient (Wildman–Crippen LogP) is 2.77. The van der Waals surface area contributed by atoms with Gasteiger partial charge in [0, 0.05) is 59.8 Å². The van der Waals surface area contributed by atoms with Gasteiger partial charge in [-0.3, -0.25) is 28.8 Å². The average molecular weight is 942 g/mol. The fourth-order valence-corrected chi connectivity index (χ4v) is 9.12. The van der Waals surface area contributed by atoms with Crippen LogP contribution in [0.5, 0.6) is 0 Å². The zero-order valence-corrected chi connectivity index (χ0v) is 42.1. The van der Waals surface area contributed by atoms with Crippen LogP contribution < -0.4 is 37.6 Å². The molecular weight excluding hydrogens is 859 g/mol. The molecule has 0 aliphatic carbocycles. The number of nitrogens with two attached hydrogens (primary N) is 1. The minimum Gasteiger partial charge on any atom is -0.379 e. The molecule has 8 N–H and O–H groups in total. The molecule has 8 amide bonds. The second-order valence-electron chi connectivity index (χ2n) is 19.5. The van der Waals surface area contributed by atoms with Gasteiger partial charge in [0.15, 0.2) is 0 Å². The van der Waals surface area contributed by atoms with E-state index in [4.69, 9.17) is 15.2 Å². The maximum Gasteiger partial charge on any atom is 0.315 e. The normalized spacial score (nSPS) is 20.3. The number of likely N-dealkylation sites (tertiary alicyclic amines) is 1. The largest absolute Gasteiger partial charge is 0.379 e. The third-order valence-corrected chi connectivity index (χ3v) is 13.4. The number of ether oxygens (including phenoxy) is 2. The van der Waals surface area contributed by atoms with Crippen LogP contribution in [-0.2, 0) is 44.7 Å². The van der Waals surface area contributed by atoms with Crippen molar-refractivity contribution in [2.24, 2.45) is 23.5 Å². The number of methoxy groups -OCH3 is 2. The van der Waals surface area contributed by atoms with Crippen LogP contribution >= 0.6 is 0 Å². The van der Waals surface area contributed by atoms with Crippen molar-refractivity contribution < 1.29 is 43.0 Å². The third-order valence-electron chi connectivity index (χ3n) is 13.4. The van der Waals surface area contributed by atoms with Crippen molar-refractivity contribution in [2.75, 3.05) is 40.9 Å². The molecule has 0 aromatic heterocycles. The van der Waals surface area contributed by atoms with Gasteiger partial charge in [-0.2, -0.15) is 0 Å². The summed E-state index contributed by atoms with van der Waals surface area (Å²) in [5.74, 6) is -2.96. The number of nitrogens with zero attached hydrogens (tertiary/aromatic N) is 2. The minimum atomic E-state index is -1.19. The summed E-state index contributed by atoms with van der Waals surface area (Å²) in [5, 5.41) is 17.3. The fourth-order valence-electron chi connectivity index (χ4n) is 9.12. The topological polar surface area (TPSA) is 243 Å². The number of carbonyl (C=O) groups is 7. The summed E-state index contributed by atoms with van der Waals surface area (Å²) in [6.45, 7) is 15.4. The van der Waals surface area contributed by atoms with E-state index in [9.17, 15) is 33.6 Å². The smallest absolute Gasteiger partial charge is 0.315 e. The van der Waals surface area contributed by atoms with Crippen LogP contribution in [0.3, 0.4) is 0 Å². The standard InChI is InChI=1S/C49H83N9O9/c1-12-31(4)42(57(9)46(63)41(30(2)3)56-47(64)49(7,8)50)38(66-10)29-40(60)58-27-19-23-37(58)43(67-11)32(5)44(61)54-36(28-34-20-15-13-16-21-34)45(62)52-26-25-51-39(59)24-18-14-17-22-35-33(6)53-48(65)55-35/h13,15-16,20-21,30-33,35-38,41-43H,12,14,17-19,22-29,50H2,1-11H3,(H,51,59)(H,52,62)(H,54,61)(H,56,64)(H2,53,55,65)/t31-,32+,33+,35-,36-,37-,38+,41-,42-,43+/m0/s1. The van der Waals surface area contributed by atoms with E-state index in [1.165, 1.54) is 14.2 Å². The van der Waals surface area contributed by atoms with E-state index < -0.39 is 65.6 Å². The monoisotopic (exact) mass is 942 g/mol. The number of urea groups is 1. The molecule has 1 aromatic rings. The molecule has 2 aliphatic heterocycles. The van der Waals surface area contributed by atoms with Gasteiger partial charge in [0.25, 0.3) is 0 Å². The van der Waals surface area contributed by atoms with Crippen LogP contribution in [0.4, 0.5) is 4.79 Å². The molecule has 2 aliphatic rings. The van der Waals surface area contributed by atoms with Crippen molar-refractivity contribution in [3.63, 3.8) is 0 Å². The Morgan fingerprint density at radius 3 is 2.18 bits per heavy atom. The lowest BCUT2D eigenvalue weighted by atomic mass is 9.89. The Hall–Kier alpha value is -4.81. The molecule has 0 bridgehead atoms. The summed E-state index contributed by atoms with van der Waals surface area (Å²) in [4.78, 5) is 96.5. The third kappa shape index (κ3) is 17.0. The predicted molar refractivity (Wildman–Crippen MR) is 257 cm³/mol. The van der Waals surface area contributed by atoms with Gasteiger partial charge in [0.05, 0.1) is 48.2 Å². The van der Waals surface area contributed by atoms with Gasteiger partial charge < -0.3 is 56.9 Å². The Balaban J connectivity index is 1.65. The Bertz CT molecular complexity index is 1780. The van der Waals surface area contributed by atoms with Gasteiger partial charge in [-0.1, -0.05) is 84.2 Å². The summed E-state index contributed by atoms with van der Waals surface area (Å²) >= 11 is 0. The van der Waals surface area contributed by atoms with E-state index in [1.807, 2.05) is 65.0 Å². The van der Waals surface area contributed by atoms with E-state index in [2.05, 4.69) is 31.9 Å². The van der Waals surface area contributed by atoms with E-state index in [1.54, 1.807) is 37.6 Å². The number of carbonyl (C=O) groups excluding carboxylic acids is 7. The molecule has 2 fully saturated rings.